The Morgan fingerprint density at radius 1 is 1.23 bits per heavy atom. The number of nitrogens with zero attached hydrogens (tertiary/aromatic N) is 1. The minimum absolute atomic E-state index is 0. The zero-order chi connectivity index (χ0) is 18.5. The van der Waals surface area contributed by atoms with Crippen molar-refractivity contribution in [1.82, 2.24) is 10.6 Å². The summed E-state index contributed by atoms with van der Waals surface area (Å²) in [4.78, 5) is 4.24. The minimum Gasteiger partial charge on any atom is -0.493 e. The molecule has 1 rings (SSSR count). The van der Waals surface area contributed by atoms with Crippen molar-refractivity contribution in [2.24, 2.45) is 4.99 Å². The zero-order valence-corrected chi connectivity index (χ0v) is 18.6. The number of ether oxygens (including phenoxy) is 3. The van der Waals surface area contributed by atoms with Gasteiger partial charge in [-0.05, 0) is 37.5 Å². The van der Waals surface area contributed by atoms with E-state index >= 15 is 0 Å². The van der Waals surface area contributed by atoms with Crippen molar-refractivity contribution in [2.45, 2.75) is 26.3 Å². The van der Waals surface area contributed by atoms with Crippen LogP contribution in [0.3, 0.4) is 0 Å². The smallest absolute Gasteiger partial charge is 0.191 e. The molecule has 2 N–H and O–H groups in total. The van der Waals surface area contributed by atoms with Crippen molar-refractivity contribution in [1.29, 1.82) is 0 Å². The van der Waals surface area contributed by atoms with Crippen molar-refractivity contribution < 1.29 is 14.2 Å². The number of guanidine groups is 1. The fraction of sp³-hybridized carbons (Fsp3) is 0.526. The molecule has 0 saturated carbocycles. The molecule has 0 atom stereocenters. The van der Waals surface area contributed by atoms with Crippen LogP contribution in [0, 0.1) is 0 Å². The lowest BCUT2D eigenvalue weighted by atomic mass is 10.1. The lowest BCUT2D eigenvalue weighted by Gasteiger charge is -2.16. The standard InChI is InChI=1S/C19H31N3O3.HI/c1-6-9-16-12-15(13-17(23-4)18(16)24-5)14-22-19(20-3)21-10-8-11-25-7-2;/h6,12-13H,1,7-11,14H2,2-5H3,(H2,20,21,22);1H. The summed E-state index contributed by atoms with van der Waals surface area (Å²) < 4.78 is 16.2. The van der Waals surface area contributed by atoms with Gasteiger partial charge in [0.25, 0.3) is 0 Å². The third kappa shape index (κ3) is 8.27. The number of rotatable bonds is 11. The van der Waals surface area contributed by atoms with E-state index in [1.54, 1.807) is 21.3 Å². The minimum atomic E-state index is 0. The summed E-state index contributed by atoms with van der Waals surface area (Å²) in [6.45, 7) is 8.75. The van der Waals surface area contributed by atoms with Gasteiger partial charge in [0, 0.05) is 38.9 Å². The molecule has 1 aromatic carbocycles. The highest BCUT2D eigenvalue weighted by molar-refractivity contribution is 14.0. The highest BCUT2D eigenvalue weighted by atomic mass is 127. The summed E-state index contributed by atoms with van der Waals surface area (Å²) in [5.74, 6) is 2.24. The van der Waals surface area contributed by atoms with E-state index in [9.17, 15) is 0 Å². The van der Waals surface area contributed by atoms with E-state index in [-0.39, 0.29) is 24.0 Å². The highest BCUT2D eigenvalue weighted by Crippen LogP contribution is 2.33. The average molecular weight is 477 g/mol. The molecule has 0 amide bonds. The Morgan fingerprint density at radius 3 is 2.58 bits per heavy atom. The molecule has 0 radical (unpaired) electrons. The van der Waals surface area contributed by atoms with Crippen LogP contribution in [0.5, 0.6) is 11.5 Å². The monoisotopic (exact) mass is 477 g/mol. The summed E-state index contributed by atoms with van der Waals surface area (Å²) in [7, 11) is 5.05. The molecule has 0 heterocycles. The second kappa shape index (κ2) is 14.7. The fourth-order valence-corrected chi connectivity index (χ4v) is 2.45. The van der Waals surface area contributed by atoms with Crippen LogP contribution in [0.4, 0.5) is 0 Å². The number of benzene rings is 1. The van der Waals surface area contributed by atoms with Gasteiger partial charge in [0.1, 0.15) is 0 Å². The number of allylic oxidation sites excluding steroid dienone is 1. The number of aliphatic imine (C=N–C) groups is 1. The SMILES string of the molecule is C=CCc1cc(CNC(=NC)NCCCOCC)cc(OC)c1OC.I. The Balaban J connectivity index is 0.00000625. The predicted octanol–water partition coefficient (Wildman–Crippen LogP) is 3.14. The first-order valence-corrected chi connectivity index (χ1v) is 8.57. The molecule has 1 aromatic rings. The third-order valence-corrected chi connectivity index (χ3v) is 3.63. The fourth-order valence-electron chi connectivity index (χ4n) is 2.45. The van der Waals surface area contributed by atoms with Crippen LogP contribution < -0.4 is 20.1 Å². The topological polar surface area (TPSA) is 64.1 Å². The molecule has 0 aliphatic heterocycles. The van der Waals surface area contributed by atoms with Crippen LogP contribution in [0.15, 0.2) is 29.8 Å². The highest BCUT2D eigenvalue weighted by Gasteiger charge is 2.11. The molecule has 0 saturated heterocycles. The molecule has 7 heteroatoms. The van der Waals surface area contributed by atoms with Crippen LogP contribution in [0.1, 0.15) is 24.5 Å². The van der Waals surface area contributed by atoms with Gasteiger partial charge in [-0.25, -0.2) is 0 Å². The Labute approximate surface area is 174 Å². The molecule has 0 aliphatic carbocycles. The summed E-state index contributed by atoms with van der Waals surface area (Å²) in [5, 5.41) is 6.59. The number of hydrogen-bond acceptors (Lipinski definition) is 4. The molecule has 6 nitrogen and oxygen atoms in total. The summed E-state index contributed by atoms with van der Waals surface area (Å²) in [6, 6.07) is 4.07. The van der Waals surface area contributed by atoms with E-state index in [1.165, 1.54) is 0 Å². The molecule has 0 bridgehead atoms. The van der Waals surface area contributed by atoms with Crippen LogP contribution in [-0.4, -0.2) is 47.0 Å². The van der Waals surface area contributed by atoms with Gasteiger partial charge in [-0.3, -0.25) is 4.99 Å². The maximum absolute atomic E-state index is 5.47. The Morgan fingerprint density at radius 2 is 2.00 bits per heavy atom. The van der Waals surface area contributed by atoms with Gasteiger partial charge in [-0.2, -0.15) is 0 Å². The Bertz CT molecular complexity index is 565. The van der Waals surface area contributed by atoms with E-state index in [0.717, 1.165) is 61.2 Å². The zero-order valence-electron chi connectivity index (χ0n) is 16.3. The molecule has 0 unspecified atom stereocenters. The number of hydrogen-bond donors (Lipinski definition) is 2. The van der Waals surface area contributed by atoms with Gasteiger partial charge < -0.3 is 24.8 Å². The van der Waals surface area contributed by atoms with Gasteiger partial charge in [0.2, 0.25) is 0 Å². The van der Waals surface area contributed by atoms with Crippen molar-refractivity contribution in [2.75, 3.05) is 41.0 Å². The molecular weight excluding hydrogens is 445 g/mol. The second-order valence-corrected chi connectivity index (χ2v) is 5.39. The van der Waals surface area contributed by atoms with Crippen LogP contribution in [0.2, 0.25) is 0 Å². The second-order valence-electron chi connectivity index (χ2n) is 5.39. The van der Waals surface area contributed by atoms with E-state index in [2.05, 4.69) is 28.3 Å². The van der Waals surface area contributed by atoms with E-state index in [4.69, 9.17) is 14.2 Å². The van der Waals surface area contributed by atoms with Gasteiger partial charge in [-0.1, -0.05) is 6.08 Å². The summed E-state index contributed by atoms with van der Waals surface area (Å²) >= 11 is 0. The Hall–Kier alpha value is -1.48. The molecule has 0 spiro atoms. The van der Waals surface area contributed by atoms with E-state index < -0.39 is 0 Å². The first-order chi connectivity index (χ1) is 12.2. The molecule has 26 heavy (non-hydrogen) atoms. The molecular formula is C19H32IN3O3. The molecule has 148 valence electrons. The van der Waals surface area contributed by atoms with Crippen molar-refractivity contribution in [3.05, 3.63) is 35.9 Å². The van der Waals surface area contributed by atoms with Crippen molar-refractivity contribution >= 4 is 29.9 Å². The largest absolute Gasteiger partial charge is 0.493 e. The number of nitrogens with one attached hydrogen (secondary N) is 2. The van der Waals surface area contributed by atoms with Gasteiger partial charge >= 0.3 is 0 Å². The molecule has 0 aliphatic rings. The lowest BCUT2D eigenvalue weighted by Crippen LogP contribution is -2.37. The normalized spacial score (nSPS) is 10.7. The number of methoxy groups -OCH3 is 2. The summed E-state index contributed by atoms with van der Waals surface area (Å²) in [6.07, 6.45) is 3.51. The van der Waals surface area contributed by atoms with Crippen LogP contribution >= 0.6 is 24.0 Å². The Kier molecular flexibility index (Phi) is 13.8. The summed E-state index contributed by atoms with van der Waals surface area (Å²) in [5.41, 5.74) is 2.14. The maximum atomic E-state index is 5.47. The third-order valence-electron chi connectivity index (χ3n) is 3.63. The molecule has 0 aromatic heterocycles. The average Bonchev–Trinajstić information content (AvgIpc) is 2.63. The molecule has 0 fully saturated rings. The number of halogens is 1. The van der Waals surface area contributed by atoms with Crippen LogP contribution in [-0.2, 0) is 17.7 Å². The predicted molar refractivity (Wildman–Crippen MR) is 118 cm³/mol. The van der Waals surface area contributed by atoms with Crippen LogP contribution in [0.25, 0.3) is 0 Å². The van der Waals surface area contributed by atoms with Gasteiger partial charge in [0.05, 0.1) is 14.2 Å². The van der Waals surface area contributed by atoms with E-state index in [1.807, 2.05) is 19.1 Å². The van der Waals surface area contributed by atoms with Gasteiger partial charge in [0.15, 0.2) is 17.5 Å². The van der Waals surface area contributed by atoms with Crippen molar-refractivity contribution in [3.8, 4) is 11.5 Å². The van der Waals surface area contributed by atoms with Crippen molar-refractivity contribution in [3.63, 3.8) is 0 Å². The quantitative estimate of drug-likeness (QED) is 0.169. The first-order valence-electron chi connectivity index (χ1n) is 8.57. The maximum Gasteiger partial charge on any atom is 0.191 e. The first kappa shape index (κ1) is 24.5. The lowest BCUT2D eigenvalue weighted by molar-refractivity contribution is 0.145. The van der Waals surface area contributed by atoms with E-state index in [0.29, 0.717) is 6.54 Å². The van der Waals surface area contributed by atoms with Gasteiger partial charge in [-0.15, -0.1) is 30.6 Å².